The molecule has 0 unspecified atom stereocenters. The van der Waals surface area contributed by atoms with Gasteiger partial charge in [0.05, 0.1) is 5.38 Å². The fourth-order valence-electron chi connectivity index (χ4n) is 4.06. The monoisotopic (exact) mass is 282 g/mol. The maximum atomic E-state index is 12.4. The lowest BCUT2D eigenvalue weighted by atomic mass is 9.51. The van der Waals surface area contributed by atoms with Crippen molar-refractivity contribution in [3.63, 3.8) is 0 Å². The van der Waals surface area contributed by atoms with Crippen LogP contribution in [0.5, 0.6) is 0 Å². The number of halogens is 1. The molecule has 0 amide bonds. The van der Waals surface area contributed by atoms with E-state index in [1.54, 1.807) is 0 Å². The van der Waals surface area contributed by atoms with Gasteiger partial charge in [-0.15, -0.1) is 11.6 Å². The normalized spacial score (nSPS) is 44.2. The highest BCUT2D eigenvalue weighted by Crippen LogP contribution is 2.63. The van der Waals surface area contributed by atoms with Crippen molar-refractivity contribution in [2.75, 3.05) is 0 Å². The lowest BCUT2D eigenvalue weighted by molar-refractivity contribution is -0.152. The molecule has 2 aliphatic heterocycles. The van der Waals surface area contributed by atoms with Crippen LogP contribution in [-0.2, 0) is 14.3 Å². The number of ether oxygens (including phenoxy) is 1. The molecule has 0 N–H and O–H groups in total. The summed E-state index contributed by atoms with van der Waals surface area (Å²) in [5, 5.41) is -0.191. The standard InChI is InChI=1S/C15H19ClO3/c1-13(2)7-9(17)6-10-12(18)19-14(3)4-5-15(10,13)8-11(14)16/h6,11H,4-5,7-8H2,1-3H3/t11-,14-,15-/m1/s1. The summed E-state index contributed by atoms with van der Waals surface area (Å²) in [6.45, 7) is 6.05. The van der Waals surface area contributed by atoms with Crippen LogP contribution in [0.3, 0.4) is 0 Å². The number of carbonyl (C=O) groups is 2. The molecule has 0 aromatic rings. The van der Waals surface area contributed by atoms with E-state index in [9.17, 15) is 9.59 Å². The molecule has 4 rings (SSSR count). The van der Waals surface area contributed by atoms with Gasteiger partial charge in [0, 0.05) is 17.4 Å². The van der Waals surface area contributed by atoms with Crippen molar-refractivity contribution in [2.24, 2.45) is 10.8 Å². The van der Waals surface area contributed by atoms with Crippen molar-refractivity contribution in [3.05, 3.63) is 11.6 Å². The minimum atomic E-state index is -0.596. The third-order valence-corrected chi connectivity index (χ3v) is 6.13. The van der Waals surface area contributed by atoms with Crippen LogP contribution in [0.1, 0.15) is 46.5 Å². The Morgan fingerprint density at radius 2 is 1.95 bits per heavy atom. The lowest BCUT2D eigenvalue weighted by Gasteiger charge is -2.52. The molecular formula is C15H19ClO3. The maximum Gasteiger partial charge on any atom is 0.335 e. The highest BCUT2D eigenvalue weighted by Gasteiger charge is 2.62. The van der Waals surface area contributed by atoms with Gasteiger partial charge in [0.2, 0.25) is 0 Å². The number of carbonyl (C=O) groups excluding carboxylic acids is 2. The molecule has 1 spiro atoms. The second-order valence-electron chi connectivity index (χ2n) is 7.04. The van der Waals surface area contributed by atoms with E-state index in [4.69, 9.17) is 16.3 Å². The van der Waals surface area contributed by atoms with Crippen LogP contribution in [0.25, 0.3) is 0 Å². The van der Waals surface area contributed by atoms with Crippen molar-refractivity contribution < 1.29 is 14.3 Å². The van der Waals surface area contributed by atoms with Gasteiger partial charge < -0.3 is 4.74 Å². The van der Waals surface area contributed by atoms with Crippen molar-refractivity contribution in [3.8, 4) is 0 Å². The molecule has 2 aliphatic carbocycles. The number of fused-ring (bicyclic) bond motifs is 3. The Hall–Kier alpha value is -0.830. The van der Waals surface area contributed by atoms with Gasteiger partial charge in [0.15, 0.2) is 5.78 Å². The van der Waals surface area contributed by atoms with Crippen molar-refractivity contribution in [2.45, 2.75) is 57.4 Å². The quantitative estimate of drug-likeness (QED) is 0.507. The Morgan fingerprint density at radius 1 is 1.26 bits per heavy atom. The third-order valence-electron chi connectivity index (χ3n) is 5.52. The summed E-state index contributed by atoms with van der Waals surface area (Å²) in [6, 6.07) is 0. The minimum Gasteiger partial charge on any atom is -0.454 e. The fraction of sp³-hybridized carbons (Fsp3) is 0.733. The average Bonchev–Trinajstić information content (AvgIpc) is 2.42. The van der Waals surface area contributed by atoms with Crippen molar-refractivity contribution in [1.29, 1.82) is 0 Å². The first-order valence-corrected chi connectivity index (χ1v) is 7.26. The van der Waals surface area contributed by atoms with Crippen molar-refractivity contribution in [1.82, 2.24) is 0 Å². The zero-order chi connectivity index (χ0) is 14.1. The summed E-state index contributed by atoms with van der Waals surface area (Å²) in [7, 11) is 0. The molecule has 3 fully saturated rings. The molecule has 2 heterocycles. The predicted octanol–water partition coefficient (Wildman–Crippen LogP) is 3.01. The highest BCUT2D eigenvalue weighted by atomic mass is 35.5. The minimum absolute atomic E-state index is 0.0178. The van der Waals surface area contributed by atoms with Gasteiger partial charge in [0.25, 0.3) is 0 Å². The molecule has 3 atom stereocenters. The Bertz CT molecular complexity index is 508. The highest BCUT2D eigenvalue weighted by molar-refractivity contribution is 6.22. The first kappa shape index (κ1) is 13.2. The molecule has 1 saturated carbocycles. The van der Waals surface area contributed by atoms with Gasteiger partial charge in [-0.05, 0) is 37.7 Å². The van der Waals surface area contributed by atoms with E-state index in [-0.39, 0.29) is 28.0 Å². The van der Waals surface area contributed by atoms with Crippen LogP contribution in [0.2, 0.25) is 0 Å². The van der Waals surface area contributed by atoms with E-state index in [1.165, 1.54) is 6.08 Å². The zero-order valence-electron chi connectivity index (χ0n) is 11.6. The van der Waals surface area contributed by atoms with Gasteiger partial charge in [-0.25, -0.2) is 4.79 Å². The maximum absolute atomic E-state index is 12.4. The smallest absolute Gasteiger partial charge is 0.335 e. The Labute approximate surface area is 118 Å². The van der Waals surface area contributed by atoms with Crippen molar-refractivity contribution >= 4 is 23.4 Å². The summed E-state index contributed by atoms with van der Waals surface area (Å²) in [5.74, 6) is -0.325. The number of alkyl halides is 1. The second-order valence-corrected chi connectivity index (χ2v) is 7.57. The number of rotatable bonds is 0. The topological polar surface area (TPSA) is 43.4 Å². The molecule has 0 aromatic heterocycles. The van der Waals surface area contributed by atoms with Crippen LogP contribution < -0.4 is 0 Å². The average molecular weight is 283 g/mol. The van der Waals surface area contributed by atoms with E-state index < -0.39 is 5.60 Å². The number of ketones is 1. The Morgan fingerprint density at radius 3 is 2.58 bits per heavy atom. The molecule has 4 heteroatoms. The lowest BCUT2D eigenvalue weighted by Crippen LogP contribution is -2.51. The summed E-state index contributed by atoms with van der Waals surface area (Å²) >= 11 is 6.51. The summed E-state index contributed by atoms with van der Waals surface area (Å²) < 4.78 is 5.62. The SMILES string of the molecule is CC1(C)CC(=O)C=C2C(=O)O[C@]3(C)CC[C@@]21C[C@H]3Cl. The molecule has 4 aliphatic rings. The number of allylic oxidation sites excluding steroid dienone is 1. The number of hydrogen-bond donors (Lipinski definition) is 0. The number of hydrogen-bond acceptors (Lipinski definition) is 3. The molecule has 2 saturated heterocycles. The molecule has 0 radical (unpaired) electrons. The van der Waals surface area contributed by atoms with E-state index in [1.807, 2.05) is 6.92 Å². The largest absolute Gasteiger partial charge is 0.454 e. The van der Waals surface area contributed by atoms with Gasteiger partial charge in [-0.1, -0.05) is 13.8 Å². The predicted molar refractivity (Wildman–Crippen MR) is 71.9 cm³/mol. The molecule has 19 heavy (non-hydrogen) atoms. The van der Waals surface area contributed by atoms with E-state index in [0.717, 1.165) is 12.8 Å². The zero-order valence-corrected chi connectivity index (χ0v) is 12.3. The van der Waals surface area contributed by atoms with Gasteiger partial charge in [0.1, 0.15) is 5.60 Å². The van der Waals surface area contributed by atoms with Gasteiger partial charge in [-0.2, -0.15) is 0 Å². The first-order chi connectivity index (χ1) is 8.70. The van der Waals surface area contributed by atoms with Gasteiger partial charge in [-0.3, -0.25) is 4.79 Å². The second kappa shape index (κ2) is 3.63. The summed E-state index contributed by atoms with van der Waals surface area (Å²) in [4.78, 5) is 24.3. The van der Waals surface area contributed by atoms with Gasteiger partial charge >= 0.3 is 5.97 Å². The van der Waals surface area contributed by atoms with Crippen LogP contribution in [0.4, 0.5) is 0 Å². The Balaban J connectivity index is 2.22. The molecule has 2 bridgehead atoms. The van der Waals surface area contributed by atoms with E-state index in [2.05, 4.69) is 13.8 Å². The summed E-state index contributed by atoms with van der Waals surface area (Å²) in [6.07, 6.45) is 4.33. The fourth-order valence-corrected chi connectivity index (χ4v) is 4.47. The van der Waals surface area contributed by atoms with Crippen LogP contribution >= 0.6 is 11.6 Å². The van der Waals surface area contributed by atoms with Crippen LogP contribution in [-0.4, -0.2) is 22.7 Å². The molecule has 104 valence electrons. The first-order valence-electron chi connectivity index (χ1n) is 6.83. The van der Waals surface area contributed by atoms with Crippen LogP contribution in [0.15, 0.2) is 11.6 Å². The van der Waals surface area contributed by atoms with Crippen LogP contribution in [0, 0.1) is 10.8 Å². The summed E-state index contributed by atoms with van der Waals surface area (Å²) in [5.41, 5.74) is -0.589. The third kappa shape index (κ3) is 1.57. The Kier molecular flexibility index (Phi) is 2.52. The molecule has 0 aromatic carbocycles. The van der Waals surface area contributed by atoms with E-state index in [0.29, 0.717) is 18.4 Å². The van der Waals surface area contributed by atoms with E-state index >= 15 is 0 Å². The molecule has 3 nitrogen and oxygen atoms in total. The number of esters is 1. The molecular weight excluding hydrogens is 264 g/mol.